The molecule has 0 saturated heterocycles. The molecule has 1 aromatic rings. The van der Waals surface area contributed by atoms with Gasteiger partial charge in [-0.2, -0.15) is 0 Å². The summed E-state index contributed by atoms with van der Waals surface area (Å²) >= 11 is 0. The van der Waals surface area contributed by atoms with E-state index in [4.69, 9.17) is 15.6 Å². The molecular weight excluding hydrogens is 194 g/mol. The number of aryl methyl sites for hydroxylation is 1. The van der Waals surface area contributed by atoms with Crippen molar-refractivity contribution in [1.29, 1.82) is 0 Å². The molecule has 0 bridgehead atoms. The molecule has 0 amide bonds. The minimum absolute atomic E-state index is 0.0390. The van der Waals surface area contributed by atoms with Crippen molar-refractivity contribution < 1.29 is 14.6 Å². The first-order valence-electron chi connectivity index (χ1n) is 4.72. The third kappa shape index (κ3) is 2.70. The number of benzene rings is 1. The molecule has 0 aromatic heterocycles. The van der Waals surface area contributed by atoms with E-state index >= 15 is 0 Å². The number of rotatable bonds is 4. The molecule has 0 saturated carbocycles. The highest BCUT2D eigenvalue weighted by atomic mass is 16.5. The van der Waals surface area contributed by atoms with Gasteiger partial charge in [0.2, 0.25) is 6.10 Å². The van der Waals surface area contributed by atoms with E-state index in [9.17, 15) is 4.79 Å². The molecule has 82 valence electrons. The molecule has 0 spiro atoms. The number of carboxylic acid groups (broad SMARTS) is 1. The summed E-state index contributed by atoms with van der Waals surface area (Å²) in [7, 11) is 0. The van der Waals surface area contributed by atoms with Crippen LogP contribution in [0, 0.1) is 13.8 Å². The first kappa shape index (κ1) is 11.5. The van der Waals surface area contributed by atoms with Crippen LogP contribution in [0.5, 0.6) is 5.75 Å². The Hall–Kier alpha value is -1.55. The largest absolute Gasteiger partial charge is 0.478 e. The predicted octanol–water partition coefficient (Wildman–Crippen LogP) is 1.09. The highest BCUT2D eigenvalue weighted by molar-refractivity contribution is 5.73. The lowest BCUT2D eigenvalue weighted by molar-refractivity contribution is -0.144. The van der Waals surface area contributed by atoms with Gasteiger partial charge in [0.15, 0.2) is 0 Å². The third-order valence-corrected chi connectivity index (χ3v) is 2.31. The van der Waals surface area contributed by atoms with Gasteiger partial charge in [0.05, 0.1) is 0 Å². The van der Waals surface area contributed by atoms with Crippen molar-refractivity contribution in [3.05, 3.63) is 29.3 Å². The van der Waals surface area contributed by atoms with Crippen LogP contribution in [0.3, 0.4) is 0 Å². The van der Waals surface area contributed by atoms with Gasteiger partial charge in [0.25, 0.3) is 0 Å². The topological polar surface area (TPSA) is 72.5 Å². The molecule has 15 heavy (non-hydrogen) atoms. The number of carbonyl (C=O) groups is 1. The summed E-state index contributed by atoms with van der Waals surface area (Å²) in [5.74, 6) is -0.466. The van der Waals surface area contributed by atoms with Crippen molar-refractivity contribution in [1.82, 2.24) is 0 Å². The van der Waals surface area contributed by atoms with Crippen molar-refractivity contribution in [3.63, 3.8) is 0 Å². The Morgan fingerprint density at radius 1 is 1.53 bits per heavy atom. The Balaban J connectivity index is 2.88. The zero-order valence-electron chi connectivity index (χ0n) is 8.86. The van der Waals surface area contributed by atoms with Gasteiger partial charge in [-0.05, 0) is 31.0 Å². The molecule has 0 heterocycles. The van der Waals surface area contributed by atoms with Crippen molar-refractivity contribution in [3.8, 4) is 5.75 Å². The second-order valence-corrected chi connectivity index (χ2v) is 3.38. The standard InChI is InChI=1S/C11H15NO3/c1-7-4-3-5-9(8(7)2)15-10(6-12)11(13)14/h3-5,10H,6,12H2,1-2H3,(H,13,14). The fourth-order valence-electron chi connectivity index (χ4n) is 1.20. The number of hydrogen-bond acceptors (Lipinski definition) is 3. The summed E-state index contributed by atoms with van der Waals surface area (Å²) in [6, 6.07) is 5.52. The van der Waals surface area contributed by atoms with Crippen LogP contribution in [-0.4, -0.2) is 23.7 Å². The van der Waals surface area contributed by atoms with Crippen LogP contribution >= 0.6 is 0 Å². The molecule has 0 radical (unpaired) electrons. The van der Waals surface area contributed by atoms with Crippen LogP contribution < -0.4 is 10.5 Å². The maximum Gasteiger partial charge on any atom is 0.346 e. The van der Waals surface area contributed by atoms with Crippen molar-refractivity contribution in [2.75, 3.05) is 6.54 Å². The van der Waals surface area contributed by atoms with E-state index in [1.165, 1.54) is 0 Å². The third-order valence-electron chi connectivity index (χ3n) is 2.31. The van der Waals surface area contributed by atoms with Gasteiger partial charge in [0.1, 0.15) is 5.75 Å². The van der Waals surface area contributed by atoms with Crippen molar-refractivity contribution in [2.45, 2.75) is 20.0 Å². The number of ether oxygens (including phenoxy) is 1. The highest BCUT2D eigenvalue weighted by Gasteiger charge is 2.18. The van der Waals surface area contributed by atoms with E-state index in [1.807, 2.05) is 26.0 Å². The fourth-order valence-corrected chi connectivity index (χ4v) is 1.20. The van der Waals surface area contributed by atoms with Gasteiger partial charge < -0.3 is 15.6 Å². The molecule has 4 heteroatoms. The van der Waals surface area contributed by atoms with Gasteiger partial charge in [-0.3, -0.25) is 0 Å². The molecule has 0 aliphatic carbocycles. The van der Waals surface area contributed by atoms with E-state index in [1.54, 1.807) is 6.07 Å². The lowest BCUT2D eigenvalue weighted by Crippen LogP contribution is -2.34. The summed E-state index contributed by atoms with van der Waals surface area (Å²) in [6.07, 6.45) is -0.981. The lowest BCUT2D eigenvalue weighted by atomic mass is 10.1. The second-order valence-electron chi connectivity index (χ2n) is 3.38. The Morgan fingerprint density at radius 3 is 2.73 bits per heavy atom. The second kappa shape index (κ2) is 4.79. The number of carboxylic acids is 1. The Kier molecular flexibility index (Phi) is 3.68. The zero-order chi connectivity index (χ0) is 11.4. The molecule has 4 nitrogen and oxygen atoms in total. The molecule has 1 rings (SSSR count). The maximum atomic E-state index is 10.7. The lowest BCUT2D eigenvalue weighted by Gasteiger charge is -2.15. The average molecular weight is 209 g/mol. The molecular formula is C11H15NO3. The summed E-state index contributed by atoms with van der Waals surface area (Å²) in [5.41, 5.74) is 7.31. The van der Waals surface area contributed by atoms with E-state index in [0.29, 0.717) is 5.75 Å². The average Bonchev–Trinajstić information content (AvgIpc) is 2.19. The summed E-state index contributed by atoms with van der Waals surface area (Å²) < 4.78 is 5.31. The summed E-state index contributed by atoms with van der Waals surface area (Å²) in [4.78, 5) is 10.7. The van der Waals surface area contributed by atoms with Crippen molar-refractivity contribution in [2.24, 2.45) is 5.73 Å². The maximum absolute atomic E-state index is 10.7. The van der Waals surface area contributed by atoms with Crippen LogP contribution in [-0.2, 0) is 4.79 Å². The van der Waals surface area contributed by atoms with Crippen LogP contribution in [0.15, 0.2) is 18.2 Å². The number of hydrogen-bond donors (Lipinski definition) is 2. The van der Waals surface area contributed by atoms with Crippen LogP contribution in [0.1, 0.15) is 11.1 Å². The first-order chi connectivity index (χ1) is 7.06. The van der Waals surface area contributed by atoms with Gasteiger partial charge in [-0.25, -0.2) is 4.79 Å². The highest BCUT2D eigenvalue weighted by Crippen LogP contribution is 2.21. The summed E-state index contributed by atoms with van der Waals surface area (Å²) in [5, 5.41) is 8.79. The van der Waals surface area contributed by atoms with Gasteiger partial charge in [-0.1, -0.05) is 12.1 Å². The molecule has 1 atom stereocenters. The molecule has 1 aromatic carbocycles. The van der Waals surface area contributed by atoms with Crippen molar-refractivity contribution >= 4 is 5.97 Å². The normalized spacial score (nSPS) is 12.2. The molecule has 3 N–H and O–H groups in total. The van der Waals surface area contributed by atoms with Crippen LogP contribution in [0.2, 0.25) is 0 Å². The molecule has 1 unspecified atom stereocenters. The van der Waals surface area contributed by atoms with Gasteiger partial charge in [-0.15, -0.1) is 0 Å². The van der Waals surface area contributed by atoms with E-state index in [-0.39, 0.29) is 6.54 Å². The smallest absolute Gasteiger partial charge is 0.346 e. The van der Waals surface area contributed by atoms with E-state index < -0.39 is 12.1 Å². The first-order valence-corrected chi connectivity index (χ1v) is 4.72. The minimum Gasteiger partial charge on any atom is -0.478 e. The molecule has 0 aliphatic rings. The van der Waals surface area contributed by atoms with Gasteiger partial charge in [0, 0.05) is 6.54 Å². The SMILES string of the molecule is Cc1cccc(OC(CN)C(=O)O)c1C. The molecule has 0 fully saturated rings. The van der Waals surface area contributed by atoms with E-state index in [2.05, 4.69) is 0 Å². The zero-order valence-corrected chi connectivity index (χ0v) is 8.86. The number of nitrogens with two attached hydrogens (primary N) is 1. The van der Waals surface area contributed by atoms with Crippen LogP contribution in [0.25, 0.3) is 0 Å². The summed E-state index contributed by atoms with van der Waals surface area (Å²) in [6.45, 7) is 3.79. The van der Waals surface area contributed by atoms with Crippen LogP contribution in [0.4, 0.5) is 0 Å². The minimum atomic E-state index is -1.04. The monoisotopic (exact) mass is 209 g/mol. The van der Waals surface area contributed by atoms with E-state index in [0.717, 1.165) is 11.1 Å². The van der Waals surface area contributed by atoms with Gasteiger partial charge >= 0.3 is 5.97 Å². The Bertz CT molecular complexity index is 363. The molecule has 0 aliphatic heterocycles. The number of aliphatic carboxylic acids is 1. The Morgan fingerprint density at radius 2 is 2.20 bits per heavy atom. The fraction of sp³-hybridized carbons (Fsp3) is 0.364. The quantitative estimate of drug-likeness (QED) is 0.778. The predicted molar refractivity (Wildman–Crippen MR) is 57.0 cm³/mol. The Labute approximate surface area is 88.7 Å².